The number of rotatable bonds is 2. The Labute approximate surface area is 121 Å². The Morgan fingerprint density at radius 3 is 2.38 bits per heavy atom. The van der Waals surface area contributed by atoms with Crippen molar-refractivity contribution in [2.45, 2.75) is 0 Å². The van der Waals surface area contributed by atoms with E-state index in [1.807, 2.05) is 4.90 Å². The highest BCUT2D eigenvalue weighted by atomic mass is 19.1. The van der Waals surface area contributed by atoms with Crippen molar-refractivity contribution in [1.82, 2.24) is 19.9 Å². The van der Waals surface area contributed by atoms with Gasteiger partial charge in [0.05, 0.1) is 5.56 Å². The minimum Gasteiger partial charge on any atom is -0.337 e. The molecule has 6 nitrogen and oxygen atoms in total. The van der Waals surface area contributed by atoms with Crippen LogP contribution in [0.4, 0.5) is 10.3 Å². The van der Waals surface area contributed by atoms with E-state index in [0.717, 1.165) is 0 Å². The molecular formula is C14H14FN5O. The predicted molar refractivity (Wildman–Crippen MR) is 74.3 cm³/mol. The quantitative estimate of drug-likeness (QED) is 0.770. The molecule has 3 rings (SSSR count). The number of pyridine rings is 1. The molecule has 0 unspecified atom stereocenters. The van der Waals surface area contributed by atoms with Crippen LogP contribution in [0, 0.1) is 5.95 Å². The molecule has 0 saturated carbocycles. The highest BCUT2D eigenvalue weighted by Crippen LogP contribution is 2.12. The largest absolute Gasteiger partial charge is 0.337 e. The lowest BCUT2D eigenvalue weighted by atomic mass is 10.2. The Kier molecular flexibility index (Phi) is 3.72. The fourth-order valence-corrected chi connectivity index (χ4v) is 2.25. The summed E-state index contributed by atoms with van der Waals surface area (Å²) in [5, 5.41) is 0. The molecule has 2 aromatic heterocycles. The van der Waals surface area contributed by atoms with E-state index in [-0.39, 0.29) is 5.91 Å². The summed E-state index contributed by atoms with van der Waals surface area (Å²) in [7, 11) is 0. The summed E-state index contributed by atoms with van der Waals surface area (Å²) in [5.41, 5.74) is 0.404. The molecular weight excluding hydrogens is 273 g/mol. The van der Waals surface area contributed by atoms with Crippen molar-refractivity contribution in [2.24, 2.45) is 0 Å². The first-order valence-electron chi connectivity index (χ1n) is 6.67. The van der Waals surface area contributed by atoms with Crippen molar-refractivity contribution >= 4 is 11.9 Å². The molecule has 108 valence electrons. The number of piperazine rings is 1. The molecule has 0 spiro atoms. The molecule has 0 aliphatic carbocycles. The van der Waals surface area contributed by atoms with E-state index in [2.05, 4.69) is 15.0 Å². The van der Waals surface area contributed by atoms with Gasteiger partial charge in [0.1, 0.15) is 0 Å². The Morgan fingerprint density at radius 1 is 1.05 bits per heavy atom. The van der Waals surface area contributed by atoms with Gasteiger partial charge < -0.3 is 9.80 Å². The van der Waals surface area contributed by atoms with Gasteiger partial charge in [0, 0.05) is 44.8 Å². The summed E-state index contributed by atoms with van der Waals surface area (Å²) in [5.74, 6) is -0.0400. The molecule has 3 heterocycles. The second kappa shape index (κ2) is 5.82. The minimum absolute atomic E-state index is 0.129. The fourth-order valence-electron chi connectivity index (χ4n) is 2.25. The van der Waals surface area contributed by atoms with Crippen molar-refractivity contribution in [2.75, 3.05) is 31.1 Å². The normalized spacial score (nSPS) is 15.1. The molecule has 0 aromatic carbocycles. The number of carbonyl (C=O) groups excluding carboxylic acids is 1. The number of aromatic nitrogens is 3. The van der Waals surface area contributed by atoms with E-state index in [9.17, 15) is 9.18 Å². The third kappa shape index (κ3) is 2.96. The molecule has 7 heteroatoms. The van der Waals surface area contributed by atoms with Crippen LogP contribution in [0.2, 0.25) is 0 Å². The van der Waals surface area contributed by atoms with E-state index in [4.69, 9.17) is 0 Å². The van der Waals surface area contributed by atoms with Crippen molar-refractivity contribution in [3.05, 3.63) is 48.3 Å². The van der Waals surface area contributed by atoms with E-state index in [0.29, 0.717) is 37.7 Å². The topological polar surface area (TPSA) is 62.2 Å². The molecule has 0 radical (unpaired) electrons. The van der Waals surface area contributed by atoms with E-state index < -0.39 is 5.95 Å². The number of carbonyl (C=O) groups is 1. The minimum atomic E-state index is -0.586. The number of amides is 1. The first kappa shape index (κ1) is 13.4. The van der Waals surface area contributed by atoms with Gasteiger partial charge in [-0.05, 0) is 18.2 Å². The standard InChI is InChI=1S/C14H14FN5O/c15-12-3-2-11(10-18-12)13(21)19-6-8-20(9-7-19)14-16-4-1-5-17-14/h1-5,10H,6-9H2. The smallest absolute Gasteiger partial charge is 0.255 e. The van der Waals surface area contributed by atoms with Gasteiger partial charge in [-0.3, -0.25) is 4.79 Å². The second-order valence-electron chi connectivity index (χ2n) is 4.70. The average Bonchev–Trinajstić information content (AvgIpc) is 2.56. The highest BCUT2D eigenvalue weighted by molar-refractivity contribution is 5.94. The number of nitrogens with zero attached hydrogens (tertiary/aromatic N) is 5. The SMILES string of the molecule is O=C(c1ccc(F)nc1)N1CCN(c2ncccn2)CC1. The molecule has 1 aliphatic rings. The van der Waals surface area contributed by atoms with Gasteiger partial charge in [-0.1, -0.05) is 0 Å². The van der Waals surface area contributed by atoms with Crippen molar-refractivity contribution in [1.29, 1.82) is 0 Å². The second-order valence-corrected chi connectivity index (χ2v) is 4.70. The van der Waals surface area contributed by atoms with E-state index in [1.54, 1.807) is 23.4 Å². The maximum atomic E-state index is 12.8. The zero-order valence-corrected chi connectivity index (χ0v) is 11.3. The Balaban J connectivity index is 1.63. The zero-order chi connectivity index (χ0) is 14.7. The third-order valence-corrected chi connectivity index (χ3v) is 3.38. The molecule has 0 atom stereocenters. The third-order valence-electron chi connectivity index (χ3n) is 3.38. The van der Waals surface area contributed by atoms with Gasteiger partial charge >= 0.3 is 0 Å². The van der Waals surface area contributed by atoms with Gasteiger partial charge in [-0.25, -0.2) is 15.0 Å². The van der Waals surface area contributed by atoms with Crippen LogP contribution in [-0.4, -0.2) is 51.9 Å². The molecule has 1 saturated heterocycles. The fraction of sp³-hybridized carbons (Fsp3) is 0.286. The monoisotopic (exact) mass is 287 g/mol. The first-order valence-corrected chi connectivity index (χ1v) is 6.67. The van der Waals surface area contributed by atoms with Crippen LogP contribution in [0.3, 0.4) is 0 Å². The van der Waals surface area contributed by atoms with Crippen molar-refractivity contribution in [3.63, 3.8) is 0 Å². The van der Waals surface area contributed by atoms with Crippen LogP contribution in [-0.2, 0) is 0 Å². The Morgan fingerprint density at radius 2 is 1.76 bits per heavy atom. The average molecular weight is 287 g/mol. The number of hydrogen-bond donors (Lipinski definition) is 0. The summed E-state index contributed by atoms with van der Waals surface area (Å²) in [6.45, 7) is 2.50. The molecule has 1 fully saturated rings. The zero-order valence-electron chi connectivity index (χ0n) is 11.3. The molecule has 2 aromatic rings. The van der Waals surface area contributed by atoms with Gasteiger partial charge in [0.2, 0.25) is 11.9 Å². The Bertz CT molecular complexity index is 611. The van der Waals surface area contributed by atoms with Gasteiger partial charge in [-0.15, -0.1) is 0 Å². The van der Waals surface area contributed by atoms with E-state index in [1.165, 1.54) is 18.3 Å². The summed E-state index contributed by atoms with van der Waals surface area (Å²) >= 11 is 0. The maximum absolute atomic E-state index is 12.8. The first-order chi connectivity index (χ1) is 10.2. The summed E-state index contributed by atoms with van der Waals surface area (Å²) < 4.78 is 12.8. The van der Waals surface area contributed by atoms with Gasteiger partial charge in [-0.2, -0.15) is 4.39 Å². The summed E-state index contributed by atoms with van der Waals surface area (Å²) in [6.07, 6.45) is 4.67. The summed E-state index contributed by atoms with van der Waals surface area (Å²) in [4.78, 5) is 27.9. The maximum Gasteiger partial charge on any atom is 0.255 e. The molecule has 1 amide bonds. The van der Waals surface area contributed by atoms with Crippen LogP contribution in [0.15, 0.2) is 36.8 Å². The van der Waals surface area contributed by atoms with Crippen molar-refractivity contribution < 1.29 is 9.18 Å². The highest BCUT2D eigenvalue weighted by Gasteiger charge is 2.23. The summed E-state index contributed by atoms with van der Waals surface area (Å²) in [6, 6.07) is 4.42. The molecule has 0 bridgehead atoms. The van der Waals surface area contributed by atoms with Crippen LogP contribution in [0.5, 0.6) is 0 Å². The number of anilines is 1. The van der Waals surface area contributed by atoms with Crippen LogP contribution in [0.1, 0.15) is 10.4 Å². The van der Waals surface area contributed by atoms with Crippen molar-refractivity contribution in [3.8, 4) is 0 Å². The number of hydrogen-bond acceptors (Lipinski definition) is 5. The Hall–Kier alpha value is -2.57. The van der Waals surface area contributed by atoms with Gasteiger partial charge in [0.25, 0.3) is 5.91 Å². The molecule has 0 N–H and O–H groups in total. The lowest BCUT2D eigenvalue weighted by Gasteiger charge is -2.34. The van der Waals surface area contributed by atoms with Crippen LogP contribution in [0.25, 0.3) is 0 Å². The van der Waals surface area contributed by atoms with E-state index >= 15 is 0 Å². The predicted octanol–water partition coefficient (Wildman–Crippen LogP) is 0.973. The lowest BCUT2D eigenvalue weighted by molar-refractivity contribution is 0.0745. The lowest BCUT2D eigenvalue weighted by Crippen LogP contribution is -2.49. The van der Waals surface area contributed by atoms with Gasteiger partial charge in [0.15, 0.2) is 0 Å². The number of halogens is 1. The molecule has 21 heavy (non-hydrogen) atoms. The molecule has 1 aliphatic heterocycles. The van der Waals surface area contributed by atoms with Crippen LogP contribution < -0.4 is 4.90 Å². The van der Waals surface area contributed by atoms with Crippen LogP contribution >= 0.6 is 0 Å².